The fraction of sp³-hybridized carbons (Fsp3) is 0.200. The Bertz CT molecular complexity index is 478. The molecule has 0 radical (unpaired) electrons. The van der Waals surface area contributed by atoms with Crippen LogP contribution in [0, 0.1) is 5.41 Å². The first-order valence-corrected chi connectivity index (χ1v) is 5.64. The number of likely N-dealkylation sites (N-methyl/N-ethyl adjacent to an activating group) is 1. The molecule has 16 heavy (non-hydrogen) atoms. The molecule has 6 heteroatoms. The first kappa shape index (κ1) is 11.6. The highest BCUT2D eigenvalue weighted by Gasteiger charge is 2.33. The van der Waals surface area contributed by atoms with Crippen LogP contribution in [0.15, 0.2) is 18.2 Å². The number of thiocarbonyl (C=S) groups is 1. The van der Waals surface area contributed by atoms with Crippen molar-refractivity contribution in [3.63, 3.8) is 0 Å². The third-order valence-electron chi connectivity index (χ3n) is 2.32. The second-order valence-corrected chi connectivity index (χ2v) is 4.61. The van der Waals surface area contributed by atoms with Crippen molar-refractivity contribution in [3.05, 3.63) is 33.8 Å². The monoisotopic (exact) mass is 274 g/mol. The van der Waals surface area contributed by atoms with Gasteiger partial charge >= 0.3 is 0 Å². The Hall–Kier alpha value is -0.840. The molecule has 1 saturated heterocycles. The molecule has 0 bridgehead atoms. The average Bonchev–Trinajstić information content (AvgIpc) is 2.46. The van der Waals surface area contributed by atoms with Crippen LogP contribution in [-0.4, -0.2) is 22.8 Å². The van der Waals surface area contributed by atoms with E-state index in [-0.39, 0.29) is 5.90 Å². The summed E-state index contributed by atoms with van der Waals surface area (Å²) in [5, 5.41) is 8.57. The van der Waals surface area contributed by atoms with Gasteiger partial charge in [0.25, 0.3) is 0 Å². The Morgan fingerprint density at radius 2 is 2.12 bits per heavy atom. The van der Waals surface area contributed by atoms with Gasteiger partial charge in [-0.2, -0.15) is 0 Å². The molecule has 1 aliphatic heterocycles. The summed E-state index contributed by atoms with van der Waals surface area (Å²) >= 11 is 16.9. The van der Waals surface area contributed by atoms with Crippen LogP contribution < -0.4 is 0 Å². The summed E-state index contributed by atoms with van der Waals surface area (Å²) in [7, 11) is 1.76. The van der Waals surface area contributed by atoms with Gasteiger partial charge in [0.2, 0.25) is 12.1 Å². The van der Waals surface area contributed by atoms with E-state index in [1.807, 2.05) is 0 Å². The summed E-state index contributed by atoms with van der Waals surface area (Å²) in [6, 6.07) is 5.14. The van der Waals surface area contributed by atoms with Crippen LogP contribution in [0.1, 0.15) is 11.8 Å². The Balaban J connectivity index is 2.39. The summed E-state index contributed by atoms with van der Waals surface area (Å²) in [6.07, 6.45) is -0.440. The third kappa shape index (κ3) is 1.88. The molecule has 3 nitrogen and oxygen atoms in total. The highest BCUT2D eigenvalue weighted by Crippen LogP contribution is 2.33. The van der Waals surface area contributed by atoms with Crippen molar-refractivity contribution >= 4 is 46.3 Å². The number of ether oxygens (including phenoxy) is 1. The second-order valence-electron chi connectivity index (χ2n) is 3.38. The maximum Gasteiger partial charge on any atom is 0.244 e. The Morgan fingerprint density at radius 1 is 1.44 bits per heavy atom. The van der Waals surface area contributed by atoms with Crippen LogP contribution in [0.25, 0.3) is 0 Å². The second kappa shape index (κ2) is 4.20. The fourth-order valence-electron chi connectivity index (χ4n) is 1.48. The molecule has 1 aliphatic rings. The van der Waals surface area contributed by atoms with Crippen LogP contribution in [0.4, 0.5) is 0 Å². The number of nitrogens with zero attached hydrogens (tertiary/aromatic N) is 1. The van der Waals surface area contributed by atoms with E-state index in [1.165, 1.54) is 0 Å². The lowest BCUT2D eigenvalue weighted by atomic mass is 10.2. The van der Waals surface area contributed by atoms with Crippen LogP contribution >= 0.6 is 35.4 Å². The molecule has 0 aliphatic carbocycles. The molecule has 1 heterocycles. The molecular weight excluding hydrogens is 267 g/mol. The standard InChI is InChI=1S/C10H8Cl2N2OS/c1-14-9(15-8(13)10(14)16)6-3-2-5(11)4-7(6)12/h2-4,9,13H,1H3/t9-/m0/s1. The van der Waals surface area contributed by atoms with Crippen LogP contribution in [-0.2, 0) is 4.74 Å². The summed E-state index contributed by atoms with van der Waals surface area (Å²) in [6.45, 7) is 0. The van der Waals surface area contributed by atoms with Crippen molar-refractivity contribution in [3.8, 4) is 0 Å². The minimum atomic E-state index is -0.440. The fourth-order valence-corrected chi connectivity index (χ4v) is 2.13. The van der Waals surface area contributed by atoms with E-state index in [2.05, 4.69) is 0 Å². The predicted molar refractivity (Wildman–Crippen MR) is 68.4 cm³/mol. The topological polar surface area (TPSA) is 36.3 Å². The zero-order valence-electron chi connectivity index (χ0n) is 8.33. The van der Waals surface area contributed by atoms with Gasteiger partial charge in [0.05, 0.1) is 5.02 Å². The number of halogens is 2. The minimum Gasteiger partial charge on any atom is -0.447 e. The Morgan fingerprint density at radius 3 is 2.62 bits per heavy atom. The molecule has 1 N–H and O–H groups in total. The van der Waals surface area contributed by atoms with Gasteiger partial charge in [-0.3, -0.25) is 5.41 Å². The molecule has 0 spiro atoms. The van der Waals surface area contributed by atoms with Crippen molar-refractivity contribution < 1.29 is 4.74 Å². The van der Waals surface area contributed by atoms with Gasteiger partial charge in [-0.05, 0) is 12.1 Å². The zero-order valence-corrected chi connectivity index (χ0v) is 10.7. The highest BCUT2D eigenvalue weighted by atomic mass is 35.5. The van der Waals surface area contributed by atoms with E-state index in [0.717, 1.165) is 5.56 Å². The van der Waals surface area contributed by atoms with E-state index in [0.29, 0.717) is 15.0 Å². The van der Waals surface area contributed by atoms with E-state index in [9.17, 15) is 0 Å². The predicted octanol–water partition coefficient (Wildman–Crippen LogP) is 3.26. The summed E-state index contributed by atoms with van der Waals surface area (Å²) in [4.78, 5) is 2.06. The minimum absolute atomic E-state index is 0.00600. The maximum atomic E-state index is 7.50. The first-order chi connectivity index (χ1) is 7.50. The summed E-state index contributed by atoms with van der Waals surface area (Å²) in [5.74, 6) is -0.00600. The molecule has 1 atom stereocenters. The average molecular weight is 275 g/mol. The summed E-state index contributed by atoms with van der Waals surface area (Å²) < 4.78 is 5.33. The van der Waals surface area contributed by atoms with Crippen molar-refractivity contribution in [2.24, 2.45) is 0 Å². The largest absolute Gasteiger partial charge is 0.447 e. The number of nitrogens with one attached hydrogen (secondary N) is 1. The van der Waals surface area contributed by atoms with Gasteiger partial charge in [0.1, 0.15) is 0 Å². The molecule has 1 aromatic rings. The molecule has 0 aromatic heterocycles. The molecule has 0 saturated carbocycles. The molecule has 1 fully saturated rings. The lowest BCUT2D eigenvalue weighted by Crippen LogP contribution is -2.23. The van der Waals surface area contributed by atoms with Crippen molar-refractivity contribution in [2.75, 3.05) is 7.05 Å². The van der Waals surface area contributed by atoms with E-state index in [1.54, 1.807) is 30.1 Å². The molecule has 2 rings (SSSR count). The van der Waals surface area contributed by atoms with E-state index in [4.69, 9.17) is 45.6 Å². The van der Waals surface area contributed by atoms with Crippen molar-refractivity contribution in [1.29, 1.82) is 5.41 Å². The van der Waals surface area contributed by atoms with Gasteiger partial charge in [-0.15, -0.1) is 0 Å². The van der Waals surface area contributed by atoms with Crippen molar-refractivity contribution in [1.82, 2.24) is 4.90 Å². The SMILES string of the molecule is CN1C(=S)C(=N)O[C@H]1c1ccc(Cl)cc1Cl. The Labute approximate surface area is 108 Å². The molecule has 0 amide bonds. The van der Waals surface area contributed by atoms with Crippen LogP contribution in [0.5, 0.6) is 0 Å². The number of rotatable bonds is 1. The van der Waals surface area contributed by atoms with Gasteiger partial charge in [-0.25, -0.2) is 0 Å². The highest BCUT2D eigenvalue weighted by molar-refractivity contribution is 7.82. The van der Waals surface area contributed by atoms with E-state index < -0.39 is 6.23 Å². The Kier molecular flexibility index (Phi) is 3.06. The van der Waals surface area contributed by atoms with Crippen molar-refractivity contribution in [2.45, 2.75) is 6.23 Å². The zero-order chi connectivity index (χ0) is 11.9. The third-order valence-corrected chi connectivity index (χ3v) is 3.36. The van der Waals surface area contributed by atoms with Gasteiger partial charge in [-0.1, -0.05) is 41.5 Å². The molecule has 1 aromatic carbocycles. The molecule has 84 valence electrons. The quantitative estimate of drug-likeness (QED) is 0.799. The van der Waals surface area contributed by atoms with Gasteiger partial charge in [0.15, 0.2) is 4.99 Å². The number of hydrogen-bond acceptors (Lipinski definition) is 3. The van der Waals surface area contributed by atoms with Crippen LogP contribution in [0.2, 0.25) is 10.0 Å². The smallest absolute Gasteiger partial charge is 0.244 e. The first-order valence-electron chi connectivity index (χ1n) is 4.48. The van der Waals surface area contributed by atoms with Gasteiger partial charge in [0, 0.05) is 17.6 Å². The lowest BCUT2D eigenvalue weighted by Gasteiger charge is -2.19. The molecule has 0 unspecified atom stereocenters. The van der Waals surface area contributed by atoms with E-state index >= 15 is 0 Å². The summed E-state index contributed by atoms with van der Waals surface area (Å²) in [5.41, 5.74) is 0.748. The van der Waals surface area contributed by atoms with Gasteiger partial charge < -0.3 is 9.64 Å². The van der Waals surface area contributed by atoms with Crippen LogP contribution in [0.3, 0.4) is 0 Å². The number of benzene rings is 1. The molecular formula is C10H8Cl2N2OS. The normalized spacial score (nSPS) is 20.2. The maximum absolute atomic E-state index is 7.50. The lowest BCUT2D eigenvalue weighted by molar-refractivity contribution is 0.116. The number of hydrogen-bond donors (Lipinski definition) is 1.